The molecule has 0 aliphatic rings. The van der Waals surface area contributed by atoms with Gasteiger partial charge in [-0.1, -0.05) is 15.9 Å². The van der Waals surface area contributed by atoms with Crippen LogP contribution in [0.3, 0.4) is 0 Å². The Morgan fingerprint density at radius 3 is 2.69 bits per heavy atom. The number of thiophene rings is 1. The van der Waals surface area contributed by atoms with Crippen molar-refractivity contribution < 1.29 is 5.11 Å². The maximum absolute atomic E-state index is 9.05. The second-order valence-electron chi connectivity index (χ2n) is 2.68. The Bertz CT molecular complexity index is 450. The minimum absolute atomic E-state index is 0.0754. The highest BCUT2D eigenvalue weighted by molar-refractivity contribution is 9.11. The molecule has 0 unspecified atom stereocenters. The predicted octanol–water partition coefficient (Wildman–Crippen LogP) is 3.92. The van der Waals surface area contributed by atoms with Crippen LogP contribution in [0.25, 0.3) is 10.1 Å². The molecule has 0 saturated heterocycles. The standard InChI is InChI=1S/C9H6Br2OS/c10-7-2-6-8(11)4-13-9(6)1-5(7)3-12/h1-2,4,12H,3H2. The predicted molar refractivity (Wildman–Crippen MR) is 63.1 cm³/mol. The maximum Gasteiger partial charge on any atom is 0.0693 e. The van der Waals surface area contributed by atoms with E-state index >= 15 is 0 Å². The van der Waals surface area contributed by atoms with E-state index < -0.39 is 0 Å². The van der Waals surface area contributed by atoms with E-state index in [1.54, 1.807) is 11.3 Å². The fraction of sp³-hybridized carbons (Fsp3) is 0.111. The van der Waals surface area contributed by atoms with Gasteiger partial charge in [0, 0.05) is 24.4 Å². The lowest BCUT2D eigenvalue weighted by atomic mass is 10.2. The van der Waals surface area contributed by atoms with E-state index in [4.69, 9.17) is 5.11 Å². The van der Waals surface area contributed by atoms with Crippen LogP contribution in [0, 0.1) is 0 Å². The number of aliphatic hydroxyl groups is 1. The van der Waals surface area contributed by atoms with Crippen LogP contribution in [0.1, 0.15) is 5.56 Å². The summed E-state index contributed by atoms with van der Waals surface area (Å²) in [7, 11) is 0. The molecule has 0 amide bonds. The van der Waals surface area contributed by atoms with E-state index in [0.717, 1.165) is 14.5 Å². The average molecular weight is 322 g/mol. The summed E-state index contributed by atoms with van der Waals surface area (Å²) in [4.78, 5) is 0. The van der Waals surface area contributed by atoms with Crippen LogP contribution in [0.2, 0.25) is 0 Å². The van der Waals surface area contributed by atoms with Crippen molar-refractivity contribution in [3.05, 3.63) is 32.0 Å². The highest BCUT2D eigenvalue weighted by Gasteiger charge is 2.05. The van der Waals surface area contributed by atoms with Gasteiger partial charge < -0.3 is 5.11 Å². The molecule has 0 saturated carbocycles. The zero-order chi connectivity index (χ0) is 9.42. The summed E-state index contributed by atoms with van der Waals surface area (Å²) < 4.78 is 3.26. The van der Waals surface area contributed by atoms with Crippen LogP contribution in [-0.2, 0) is 6.61 Å². The van der Waals surface area contributed by atoms with Crippen LogP contribution in [-0.4, -0.2) is 5.11 Å². The van der Waals surface area contributed by atoms with Crippen molar-refractivity contribution in [2.24, 2.45) is 0 Å². The molecule has 1 aromatic heterocycles. The Labute approximate surface area is 96.6 Å². The molecule has 13 heavy (non-hydrogen) atoms. The van der Waals surface area contributed by atoms with E-state index in [0.29, 0.717) is 0 Å². The molecule has 4 heteroatoms. The van der Waals surface area contributed by atoms with Gasteiger partial charge >= 0.3 is 0 Å². The molecule has 0 aliphatic heterocycles. The van der Waals surface area contributed by atoms with E-state index in [1.807, 2.05) is 12.1 Å². The maximum atomic E-state index is 9.05. The molecule has 1 nitrogen and oxygen atoms in total. The molecule has 1 aromatic carbocycles. The molecule has 1 heterocycles. The molecule has 2 aromatic rings. The third kappa shape index (κ3) is 1.68. The number of hydrogen-bond acceptors (Lipinski definition) is 2. The Morgan fingerprint density at radius 2 is 2.00 bits per heavy atom. The Kier molecular flexibility index (Phi) is 2.74. The quantitative estimate of drug-likeness (QED) is 0.844. The van der Waals surface area contributed by atoms with Crippen LogP contribution >= 0.6 is 43.2 Å². The monoisotopic (exact) mass is 320 g/mol. The van der Waals surface area contributed by atoms with Crippen LogP contribution < -0.4 is 0 Å². The first-order valence-electron chi connectivity index (χ1n) is 3.68. The lowest BCUT2D eigenvalue weighted by Crippen LogP contribution is -1.83. The zero-order valence-corrected chi connectivity index (χ0v) is 10.5. The Balaban J connectivity index is 2.76. The van der Waals surface area contributed by atoms with Gasteiger partial charge in [0.2, 0.25) is 0 Å². The van der Waals surface area contributed by atoms with Crippen LogP contribution in [0.15, 0.2) is 26.5 Å². The molecule has 0 aliphatic carbocycles. The number of fused-ring (bicyclic) bond motifs is 1. The van der Waals surface area contributed by atoms with E-state index in [2.05, 4.69) is 37.2 Å². The molecule has 68 valence electrons. The van der Waals surface area contributed by atoms with Crippen molar-refractivity contribution in [3.63, 3.8) is 0 Å². The first kappa shape index (κ1) is 9.65. The van der Waals surface area contributed by atoms with Crippen molar-refractivity contribution in [1.82, 2.24) is 0 Å². The van der Waals surface area contributed by atoms with Crippen LogP contribution in [0.5, 0.6) is 0 Å². The minimum Gasteiger partial charge on any atom is -0.392 e. The Morgan fingerprint density at radius 1 is 1.23 bits per heavy atom. The molecule has 0 bridgehead atoms. The molecule has 0 radical (unpaired) electrons. The largest absolute Gasteiger partial charge is 0.392 e. The molecular weight excluding hydrogens is 316 g/mol. The first-order chi connectivity index (χ1) is 6.22. The smallest absolute Gasteiger partial charge is 0.0693 e. The lowest BCUT2D eigenvalue weighted by Gasteiger charge is -2.00. The van der Waals surface area contributed by atoms with Gasteiger partial charge in [-0.3, -0.25) is 0 Å². The fourth-order valence-electron chi connectivity index (χ4n) is 1.18. The van der Waals surface area contributed by atoms with Gasteiger partial charge in [0.25, 0.3) is 0 Å². The van der Waals surface area contributed by atoms with Crippen molar-refractivity contribution >= 4 is 53.3 Å². The molecule has 0 spiro atoms. The molecule has 0 fully saturated rings. The van der Waals surface area contributed by atoms with Crippen molar-refractivity contribution in [1.29, 1.82) is 0 Å². The molecular formula is C9H6Br2OS. The first-order valence-corrected chi connectivity index (χ1v) is 6.15. The minimum atomic E-state index is 0.0754. The van der Waals surface area contributed by atoms with E-state index in [1.165, 1.54) is 10.1 Å². The third-order valence-corrected chi connectivity index (χ3v) is 4.51. The summed E-state index contributed by atoms with van der Waals surface area (Å²) in [6.07, 6.45) is 0. The SMILES string of the molecule is OCc1cc2scc(Br)c2cc1Br. The van der Waals surface area contributed by atoms with Crippen molar-refractivity contribution in [3.8, 4) is 0 Å². The third-order valence-electron chi connectivity index (χ3n) is 1.87. The molecule has 2 rings (SSSR count). The van der Waals surface area contributed by atoms with Crippen molar-refractivity contribution in [2.45, 2.75) is 6.61 Å². The summed E-state index contributed by atoms with van der Waals surface area (Å²) in [5, 5.41) is 12.3. The summed E-state index contributed by atoms with van der Waals surface area (Å²) in [5.74, 6) is 0. The van der Waals surface area contributed by atoms with E-state index in [9.17, 15) is 0 Å². The topological polar surface area (TPSA) is 20.2 Å². The highest BCUT2D eigenvalue weighted by atomic mass is 79.9. The molecule has 0 atom stereocenters. The van der Waals surface area contributed by atoms with Gasteiger partial charge in [0.1, 0.15) is 0 Å². The number of halogens is 2. The number of rotatable bonds is 1. The van der Waals surface area contributed by atoms with Crippen molar-refractivity contribution in [2.75, 3.05) is 0 Å². The van der Waals surface area contributed by atoms with Gasteiger partial charge in [-0.05, 0) is 33.6 Å². The number of benzene rings is 1. The Hall–Kier alpha value is 0.1000. The van der Waals surface area contributed by atoms with Gasteiger partial charge in [-0.2, -0.15) is 0 Å². The molecule has 1 N–H and O–H groups in total. The number of hydrogen-bond donors (Lipinski definition) is 1. The normalized spacial score (nSPS) is 11.0. The van der Waals surface area contributed by atoms with Gasteiger partial charge in [-0.25, -0.2) is 0 Å². The van der Waals surface area contributed by atoms with Crippen LogP contribution in [0.4, 0.5) is 0 Å². The van der Waals surface area contributed by atoms with Gasteiger partial charge in [0.15, 0.2) is 0 Å². The van der Waals surface area contributed by atoms with Gasteiger partial charge in [0.05, 0.1) is 6.61 Å². The zero-order valence-electron chi connectivity index (χ0n) is 6.55. The second-order valence-corrected chi connectivity index (χ2v) is 5.30. The highest BCUT2D eigenvalue weighted by Crippen LogP contribution is 2.34. The lowest BCUT2D eigenvalue weighted by molar-refractivity contribution is 0.281. The second kappa shape index (κ2) is 3.69. The fourth-order valence-corrected chi connectivity index (χ4v) is 3.25. The number of aliphatic hydroxyl groups excluding tert-OH is 1. The summed E-state index contributed by atoms with van der Waals surface area (Å²) >= 11 is 8.57. The summed E-state index contributed by atoms with van der Waals surface area (Å²) in [5.41, 5.74) is 0.932. The average Bonchev–Trinajstić information content (AvgIpc) is 2.47. The summed E-state index contributed by atoms with van der Waals surface area (Å²) in [6.45, 7) is 0.0754. The van der Waals surface area contributed by atoms with E-state index in [-0.39, 0.29) is 6.61 Å². The summed E-state index contributed by atoms with van der Waals surface area (Å²) in [6, 6.07) is 4.04. The van der Waals surface area contributed by atoms with Gasteiger partial charge in [-0.15, -0.1) is 11.3 Å².